The van der Waals surface area contributed by atoms with E-state index in [4.69, 9.17) is 10.5 Å². The minimum atomic E-state index is -0.727. The molecular weight excluding hydrogens is 458 g/mol. The van der Waals surface area contributed by atoms with Crippen molar-refractivity contribution in [1.82, 2.24) is 14.1 Å². The van der Waals surface area contributed by atoms with Crippen LogP contribution in [0.25, 0.3) is 5.69 Å². The van der Waals surface area contributed by atoms with Gasteiger partial charge in [0, 0.05) is 35.8 Å². The average Bonchev–Trinajstić information content (AvgIpc) is 3.43. The fraction of sp³-hybridized carbons (Fsp3) is 0.222. The molecule has 4 rings (SSSR count). The van der Waals surface area contributed by atoms with Crippen molar-refractivity contribution in [1.29, 1.82) is 0 Å². The lowest BCUT2D eigenvalue weighted by Crippen LogP contribution is -2.41. The van der Waals surface area contributed by atoms with Crippen molar-refractivity contribution >= 4 is 17.4 Å². The van der Waals surface area contributed by atoms with Gasteiger partial charge in [-0.2, -0.15) is 0 Å². The van der Waals surface area contributed by atoms with Crippen LogP contribution in [0.5, 0.6) is 5.75 Å². The number of aromatic amines is 1. The fourth-order valence-corrected chi connectivity index (χ4v) is 4.09. The molecule has 0 aliphatic carbocycles. The molecule has 9 nitrogen and oxygen atoms in total. The first-order valence-electron chi connectivity index (χ1n) is 11.7. The van der Waals surface area contributed by atoms with Crippen molar-refractivity contribution in [3.63, 3.8) is 0 Å². The molecule has 0 saturated heterocycles. The summed E-state index contributed by atoms with van der Waals surface area (Å²) < 4.78 is 8.67. The maximum absolute atomic E-state index is 14.0. The Hall–Kier alpha value is -4.53. The summed E-state index contributed by atoms with van der Waals surface area (Å²) in [5.74, 6) is 0.0699. The average molecular weight is 488 g/mol. The van der Waals surface area contributed by atoms with Crippen molar-refractivity contribution in [3.8, 4) is 11.4 Å². The topological polar surface area (TPSA) is 115 Å². The molecule has 3 N–H and O–H groups in total. The summed E-state index contributed by atoms with van der Waals surface area (Å²) in [5.41, 5.74) is 6.81. The van der Waals surface area contributed by atoms with Gasteiger partial charge in [-0.05, 0) is 42.8 Å². The number of nitrogens with two attached hydrogens (primary N) is 1. The summed E-state index contributed by atoms with van der Waals surface area (Å²) in [5, 5.41) is 0. The number of carbonyl (C=O) groups is 1. The van der Waals surface area contributed by atoms with Gasteiger partial charge in [0.2, 0.25) is 0 Å². The SMILES string of the molecule is CCCCn1c(N)c(N(Cc2ccccc2OC)C(=O)c2cccc(-n3cccc3)c2)c(=O)[nH]c1=O. The van der Waals surface area contributed by atoms with Gasteiger partial charge in [0.1, 0.15) is 11.6 Å². The van der Waals surface area contributed by atoms with Gasteiger partial charge in [-0.25, -0.2) is 4.79 Å². The van der Waals surface area contributed by atoms with E-state index in [1.807, 2.05) is 60.3 Å². The van der Waals surface area contributed by atoms with Gasteiger partial charge in [-0.1, -0.05) is 37.6 Å². The van der Waals surface area contributed by atoms with E-state index < -0.39 is 17.2 Å². The van der Waals surface area contributed by atoms with E-state index in [2.05, 4.69) is 4.98 Å². The number of unbranched alkanes of at least 4 members (excludes halogenated alkanes) is 1. The number of nitrogens with zero attached hydrogens (tertiary/aromatic N) is 3. The van der Waals surface area contributed by atoms with Crippen LogP contribution in [0, 0.1) is 0 Å². The molecule has 0 bridgehead atoms. The Morgan fingerprint density at radius 2 is 1.81 bits per heavy atom. The Morgan fingerprint density at radius 1 is 1.06 bits per heavy atom. The van der Waals surface area contributed by atoms with Gasteiger partial charge < -0.3 is 15.0 Å². The molecule has 0 aliphatic rings. The number of carbonyl (C=O) groups excluding carboxylic acids is 1. The molecule has 36 heavy (non-hydrogen) atoms. The molecule has 1 amide bonds. The number of rotatable bonds is 9. The van der Waals surface area contributed by atoms with Gasteiger partial charge in [0.15, 0.2) is 5.69 Å². The highest BCUT2D eigenvalue weighted by molar-refractivity contribution is 6.07. The quantitative estimate of drug-likeness (QED) is 0.375. The molecule has 0 aliphatic heterocycles. The van der Waals surface area contributed by atoms with E-state index in [0.717, 1.165) is 12.1 Å². The van der Waals surface area contributed by atoms with Crippen LogP contribution in [0.2, 0.25) is 0 Å². The second-order valence-corrected chi connectivity index (χ2v) is 8.34. The van der Waals surface area contributed by atoms with E-state index in [-0.39, 0.29) is 18.1 Å². The molecule has 0 atom stereocenters. The van der Waals surface area contributed by atoms with Crippen LogP contribution >= 0.6 is 0 Å². The van der Waals surface area contributed by atoms with E-state index in [1.54, 1.807) is 24.3 Å². The smallest absolute Gasteiger partial charge is 0.330 e. The Bertz CT molecular complexity index is 1470. The van der Waals surface area contributed by atoms with Gasteiger partial charge in [0.25, 0.3) is 11.5 Å². The third kappa shape index (κ3) is 4.95. The van der Waals surface area contributed by atoms with Crippen molar-refractivity contribution < 1.29 is 9.53 Å². The third-order valence-corrected chi connectivity index (χ3v) is 5.98. The van der Waals surface area contributed by atoms with Crippen LogP contribution in [-0.4, -0.2) is 27.1 Å². The van der Waals surface area contributed by atoms with E-state index in [9.17, 15) is 14.4 Å². The Labute approximate surface area is 208 Å². The number of para-hydroxylation sites is 1. The number of benzene rings is 2. The fourth-order valence-electron chi connectivity index (χ4n) is 4.09. The standard InChI is InChI=1S/C27H29N5O4/c1-3-4-16-31-24(28)23(25(33)29-27(31)35)32(18-20-10-5-6-13-22(20)36-2)26(34)19-11-9-12-21(17-19)30-14-7-8-15-30/h5-15,17H,3-4,16,18,28H2,1-2H3,(H,29,33,35). The maximum atomic E-state index is 14.0. The molecule has 0 unspecified atom stereocenters. The number of nitrogens with one attached hydrogen (secondary N) is 1. The normalized spacial score (nSPS) is 10.8. The third-order valence-electron chi connectivity index (χ3n) is 5.98. The van der Waals surface area contributed by atoms with Crippen molar-refractivity contribution in [2.75, 3.05) is 17.7 Å². The zero-order valence-electron chi connectivity index (χ0n) is 20.3. The predicted octanol–water partition coefficient (Wildman–Crippen LogP) is 3.57. The van der Waals surface area contributed by atoms with E-state index in [0.29, 0.717) is 29.8 Å². The lowest BCUT2D eigenvalue weighted by atomic mass is 10.1. The molecule has 2 aromatic carbocycles. The highest BCUT2D eigenvalue weighted by atomic mass is 16.5. The van der Waals surface area contributed by atoms with E-state index in [1.165, 1.54) is 16.6 Å². The zero-order valence-corrected chi connectivity index (χ0v) is 20.3. The number of aromatic nitrogens is 3. The molecule has 0 spiro atoms. The van der Waals surface area contributed by atoms with Gasteiger partial charge >= 0.3 is 5.69 Å². The first-order chi connectivity index (χ1) is 17.4. The molecule has 0 fully saturated rings. The molecule has 186 valence electrons. The summed E-state index contributed by atoms with van der Waals surface area (Å²) in [4.78, 5) is 43.2. The second-order valence-electron chi connectivity index (χ2n) is 8.34. The number of nitrogen functional groups attached to an aromatic ring is 1. The molecule has 9 heteroatoms. The minimum absolute atomic E-state index is 0.00978. The van der Waals surface area contributed by atoms with Gasteiger partial charge in [0.05, 0.1) is 13.7 Å². The number of hydrogen-bond donors (Lipinski definition) is 2. The number of H-pyrrole nitrogens is 1. The van der Waals surface area contributed by atoms with Crippen LogP contribution in [-0.2, 0) is 13.1 Å². The Kier molecular flexibility index (Phi) is 7.39. The predicted molar refractivity (Wildman–Crippen MR) is 140 cm³/mol. The summed E-state index contributed by atoms with van der Waals surface area (Å²) in [6.07, 6.45) is 5.27. The number of methoxy groups -OCH3 is 1. The Morgan fingerprint density at radius 3 is 2.53 bits per heavy atom. The van der Waals surface area contributed by atoms with Crippen molar-refractivity contribution in [3.05, 3.63) is 105 Å². The molecular formula is C27H29N5O4. The summed E-state index contributed by atoms with van der Waals surface area (Å²) >= 11 is 0. The molecule has 4 aromatic rings. The van der Waals surface area contributed by atoms with Crippen LogP contribution in [0.1, 0.15) is 35.7 Å². The molecule has 0 saturated carbocycles. The van der Waals surface area contributed by atoms with Crippen LogP contribution in [0.4, 0.5) is 11.5 Å². The number of hydrogen-bond acceptors (Lipinski definition) is 5. The highest BCUT2D eigenvalue weighted by Gasteiger charge is 2.26. The van der Waals surface area contributed by atoms with Gasteiger partial charge in [-0.15, -0.1) is 0 Å². The lowest BCUT2D eigenvalue weighted by Gasteiger charge is -2.25. The first-order valence-corrected chi connectivity index (χ1v) is 11.7. The molecule has 0 radical (unpaired) electrons. The molecule has 2 aromatic heterocycles. The first kappa shape index (κ1) is 24.6. The minimum Gasteiger partial charge on any atom is -0.496 e. The monoisotopic (exact) mass is 487 g/mol. The second kappa shape index (κ2) is 10.8. The maximum Gasteiger partial charge on any atom is 0.330 e. The summed E-state index contributed by atoms with van der Waals surface area (Å²) in [6, 6.07) is 18.1. The number of amides is 1. The van der Waals surface area contributed by atoms with Crippen LogP contribution in [0.3, 0.4) is 0 Å². The van der Waals surface area contributed by atoms with Gasteiger partial charge in [-0.3, -0.25) is 24.0 Å². The lowest BCUT2D eigenvalue weighted by molar-refractivity contribution is 0.0984. The number of ether oxygens (including phenoxy) is 1. The van der Waals surface area contributed by atoms with Crippen LogP contribution < -0.4 is 26.6 Å². The van der Waals surface area contributed by atoms with Crippen LogP contribution in [0.15, 0.2) is 82.6 Å². The van der Waals surface area contributed by atoms with E-state index >= 15 is 0 Å². The van der Waals surface area contributed by atoms with Crippen molar-refractivity contribution in [2.24, 2.45) is 0 Å². The summed E-state index contributed by atoms with van der Waals surface area (Å²) in [7, 11) is 1.54. The Balaban J connectivity index is 1.86. The summed E-state index contributed by atoms with van der Waals surface area (Å²) in [6.45, 7) is 2.32. The number of anilines is 2. The van der Waals surface area contributed by atoms with Crippen molar-refractivity contribution in [2.45, 2.75) is 32.9 Å². The largest absolute Gasteiger partial charge is 0.496 e. The highest BCUT2D eigenvalue weighted by Crippen LogP contribution is 2.26. The zero-order chi connectivity index (χ0) is 25.7. The molecule has 2 heterocycles.